The maximum absolute atomic E-state index is 6.09. The van der Waals surface area contributed by atoms with E-state index in [1.165, 1.54) is 0 Å². The van der Waals surface area contributed by atoms with Crippen LogP contribution in [-0.4, -0.2) is 4.98 Å². The third-order valence-corrected chi connectivity index (χ3v) is 3.90. The maximum atomic E-state index is 6.09. The van der Waals surface area contributed by atoms with Gasteiger partial charge in [-0.25, -0.2) is 4.98 Å². The molecule has 0 aliphatic rings. The van der Waals surface area contributed by atoms with E-state index < -0.39 is 0 Å². The fourth-order valence-electron chi connectivity index (χ4n) is 1.24. The molecule has 0 N–H and O–H groups in total. The molecule has 4 heteroatoms. The van der Waals surface area contributed by atoms with Gasteiger partial charge in [0.1, 0.15) is 0 Å². The molecule has 0 fully saturated rings. The summed E-state index contributed by atoms with van der Waals surface area (Å²) in [7, 11) is 0. The Bertz CT molecular complexity index is 474. The highest BCUT2D eigenvalue weighted by Gasteiger charge is 2.04. The number of nitrogens with zero attached hydrogens (tertiary/aromatic N) is 1. The molecular formula is C12H9Cl2NS. The Kier molecular flexibility index (Phi) is 4.10. The molecule has 0 amide bonds. The van der Waals surface area contributed by atoms with E-state index in [1.54, 1.807) is 24.0 Å². The predicted molar refractivity (Wildman–Crippen MR) is 70.3 cm³/mol. The van der Waals surface area contributed by atoms with Gasteiger partial charge in [0.05, 0.1) is 15.1 Å². The van der Waals surface area contributed by atoms with E-state index in [1.807, 2.05) is 30.3 Å². The number of pyridine rings is 1. The van der Waals surface area contributed by atoms with Crippen LogP contribution in [-0.2, 0) is 5.75 Å². The van der Waals surface area contributed by atoms with Crippen LogP contribution >= 0.6 is 35.0 Å². The number of rotatable bonds is 3. The van der Waals surface area contributed by atoms with E-state index in [0.717, 1.165) is 16.3 Å². The molecule has 1 heterocycles. The highest BCUT2D eigenvalue weighted by atomic mass is 35.5. The summed E-state index contributed by atoms with van der Waals surface area (Å²) in [6.45, 7) is 0. The quantitative estimate of drug-likeness (QED) is 0.751. The van der Waals surface area contributed by atoms with Gasteiger partial charge in [0.25, 0.3) is 0 Å². The summed E-state index contributed by atoms with van der Waals surface area (Å²) in [6, 6.07) is 11.5. The van der Waals surface area contributed by atoms with Crippen molar-refractivity contribution in [2.75, 3.05) is 0 Å². The molecule has 1 nitrogen and oxygen atoms in total. The highest BCUT2D eigenvalue weighted by Crippen LogP contribution is 2.30. The Balaban J connectivity index is 2.08. The molecule has 0 atom stereocenters. The molecule has 2 aromatic rings. The van der Waals surface area contributed by atoms with Crippen molar-refractivity contribution in [3.63, 3.8) is 0 Å². The van der Waals surface area contributed by atoms with Crippen LogP contribution in [0.5, 0.6) is 0 Å². The van der Waals surface area contributed by atoms with Crippen LogP contribution in [0.1, 0.15) is 5.56 Å². The van der Waals surface area contributed by atoms with Crippen molar-refractivity contribution in [2.45, 2.75) is 10.8 Å². The molecule has 0 spiro atoms. The summed E-state index contributed by atoms with van der Waals surface area (Å²) in [5.74, 6) is 0.774. The van der Waals surface area contributed by atoms with Crippen LogP contribution in [0.3, 0.4) is 0 Å². The van der Waals surface area contributed by atoms with Gasteiger partial charge in [-0.05, 0) is 23.8 Å². The summed E-state index contributed by atoms with van der Waals surface area (Å²) in [5.41, 5.74) is 1.03. The molecule has 16 heavy (non-hydrogen) atoms. The number of benzene rings is 1. The van der Waals surface area contributed by atoms with E-state index in [0.29, 0.717) is 10.0 Å². The zero-order valence-electron chi connectivity index (χ0n) is 8.36. The van der Waals surface area contributed by atoms with Crippen LogP contribution in [0.25, 0.3) is 0 Å². The topological polar surface area (TPSA) is 12.9 Å². The summed E-state index contributed by atoms with van der Waals surface area (Å²) in [5, 5.41) is 2.21. The first-order valence-corrected chi connectivity index (χ1v) is 6.48. The molecule has 82 valence electrons. The fraction of sp³-hybridized carbons (Fsp3) is 0.0833. The van der Waals surface area contributed by atoms with E-state index in [4.69, 9.17) is 23.2 Å². The Morgan fingerprint density at radius 3 is 2.69 bits per heavy atom. The van der Waals surface area contributed by atoms with Crippen LogP contribution in [0.2, 0.25) is 10.0 Å². The molecule has 1 aromatic heterocycles. The first kappa shape index (κ1) is 11.8. The molecular weight excluding hydrogens is 261 g/mol. The van der Waals surface area contributed by atoms with Crippen molar-refractivity contribution in [1.82, 2.24) is 4.98 Å². The zero-order chi connectivity index (χ0) is 11.4. The summed E-state index contributed by atoms with van der Waals surface area (Å²) in [6.07, 6.45) is 1.78. The Labute approximate surface area is 109 Å². The maximum Gasteiger partial charge on any atom is 0.0963 e. The van der Waals surface area contributed by atoms with Gasteiger partial charge in [0.2, 0.25) is 0 Å². The Morgan fingerprint density at radius 2 is 1.94 bits per heavy atom. The lowest BCUT2D eigenvalue weighted by atomic mass is 10.2. The fourth-order valence-corrected chi connectivity index (χ4v) is 2.56. The summed E-state index contributed by atoms with van der Waals surface area (Å²) >= 11 is 13.7. The Morgan fingerprint density at radius 1 is 1.06 bits per heavy atom. The molecule has 0 saturated heterocycles. The molecule has 0 radical (unpaired) electrons. The molecule has 0 aliphatic heterocycles. The second-order valence-electron chi connectivity index (χ2n) is 3.17. The monoisotopic (exact) mass is 269 g/mol. The van der Waals surface area contributed by atoms with Gasteiger partial charge in [0.15, 0.2) is 0 Å². The number of hydrogen-bond acceptors (Lipinski definition) is 2. The second kappa shape index (κ2) is 5.58. The van der Waals surface area contributed by atoms with Gasteiger partial charge in [-0.2, -0.15) is 0 Å². The van der Waals surface area contributed by atoms with Gasteiger partial charge in [-0.3, -0.25) is 0 Å². The van der Waals surface area contributed by atoms with Crippen LogP contribution in [0.15, 0.2) is 47.6 Å². The first-order valence-electron chi connectivity index (χ1n) is 4.74. The van der Waals surface area contributed by atoms with Crippen LogP contribution < -0.4 is 0 Å². The van der Waals surface area contributed by atoms with E-state index in [2.05, 4.69) is 4.98 Å². The van der Waals surface area contributed by atoms with Crippen LogP contribution in [0, 0.1) is 0 Å². The van der Waals surface area contributed by atoms with Gasteiger partial charge in [-0.1, -0.05) is 41.4 Å². The number of thioether (sulfide) groups is 1. The Hall–Kier alpha value is -0.700. The second-order valence-corrected chi connectivity index (χ2v) is 4.95. The third kappa shape index (κ3) is 2.91. The summed E-state index contributed by atoms with van der Waals surface area (Å²) in [4.78, 5) is 4.23. The predicted octanol–water partition coefficient (Wildman–Crippen LogP) is 4.68. The molecule has 0 aliphatic carbocycles. The van der Waals surface area contributed by atoms with Gasteiger partial charge < -0.3 is 0 Å². The minimum absolute atomic E-state index is 0.598. The zero-order valence-corrected chi connectivity index (χ0v) is 10.7. The highest BCUT2D eigenvalue weighted by molar-refractivity contribution is 7.98. The van der Waals surface area contributed by atoms with E-state index >= 15 is 0 Å². The van der Waals surface area contributed by atoms with Gasteiger partial charge in [-0.15, -0.1) is 11.8 Å². The van der Waals surface area contributed by atoms with E-state index in [9.17, 15) is 0 Å². The average Bonchev–Trinajstić information content (AvgIpc) is 2.32. The van der Waals surface area contributed by atoms with Crippen LogP contribution in [0.4, 0.5) is 0 Å². The minimum atomic E-state index is 0.598. The normalized spacial score (nSPS) is 10.4. The average molecular weight is 270 g/mol. The van der Waals surface area contributed by atoms with Gasteiger partial charge >= 0.3 is 0 Å². The van der Waals surface area contributed by atoms with Crippen molar-refractivity contribution in [3.05, 3.63) is 58.2 Å². The SMILES string of the molecule is Clc1cccc(CSc2ccccn2)c1Cl. The standard InChI is InChI=1S/C12H9Cl2NS/c13-10-5-3-4-9(12(10)14)8-16-11-6-1-2-7-15-11/h1-7H,8H2. The minimum Gasteiger partial charge on any atom is -0.250 e. The molecule has 0 unspecified atom stereocenters. The number of hydrogen-bond donors (Lipinski definition) is 0. The summed E-state index contributed by atoms with van der Waals surface area (Å²) < 4.78 is 0. The van der Waals surface area contributed by atoms with Crippen molar-refractivity contribution in [2.24, 2.45) is 0 Å². The molecule has 1 aromatic carbocycles. The number of aromatic nitrogens is 1. The third-order valence-electron chi connectivity index (χ3n) is 2.04. The number of halogens is 2. The van der Waals surface area contributed by atoms with Crippen molar-refractivity contribution < 1.29 is 0 Å². The lowest BCUT2D eigenvalue weighted by Crippen LogP contribution is -1.84. The van der Waals surface area contributed by atoms with Crippen molar-refractivity contribution in [1.29, 1.82) is 0 Å². The molecule has 0 bridgehead atoms. The van der Waals surface area contributed by atoms with Crippen molar-refractivity contribution in [3.8, 4) is 0 Å². The lowest BCUT2D eigenvalue weighted by molar-refractivity contribution is 1.13. The van der Waals surface area contributed by atoms with Gasteiger partial charge in [0, 0.05) is 11.9 Å². The largest absolute Gasteiger partial charge is 0.250 e. The first-order chi connectivity index (χ1) is 7.77. The van der Waals surface area contributed by atoms with Crippen molar-refractivity contribution >= 4 is 35.0 Å². The smallest absolute Gasteiger partial charge is 0.0963 e. The lowest BCUT2D eigenvalue weighted by Gasteiger charge is -2.04. The van der Waals surface area contributed by atoms with E-state index in [-0.39, 0.29) is 0 Å². The molecule has 0 saturated carbocycles. The molecule has 2 rings (SSSR count).